The highest BCUT2D eigenvalue weighted by Gasteiger charge is 2.03. The number of benzene rings is 1. The third-order valence-electron chi connectivity index (χ3n) is 2.39. The van der Waals surface area contributed by atoms with Crippen molar-refractivity contribution in [3.05, 3.63) is 49.6 Å². The molecule has 1 aromatic rings. The van der Waals surface area contributed by atoms with Crippen molar-refractivity contribution in [2.45, 2.75) is 6.42 Å². The van der Waals surface area contributed by atoms with Gasteiger partial charge in [-0.15, -0.1) is 13.2 Å². The van der Waals surface area contributed by atoms with Crippen molar-refractivity contribution in [1.82, 2.24) is 0 Å². The molecular formula is C14H19NO. The molecule has 0 aliphatic carbocycles. The third-order valence-corrected chi connectivity index (χ3v) is 2.39. The van der Waals surface area contributed by atoms with Crippen molar-refractivity contribution in [3.63, 3.8) is 0 Å². The van der Waals surface area contributed by atoms with Crippen LogP contribution in [0.2, 0.25) is 0 Å². The first kappa shape index (κ1) is 12.4. The molecule has 0 radical (unpaired) electrons. The maximum atomic E-state index is 5.14. The van der Waals surface area contributed by atoms with Crippen LogP contribution in [0.5, 0.6) is 5.75 Å². The van der Waals surface area contributed by atoms with Crippen molar-refractivity contribution in [1.29, 1.82) is 0 Å². The fourth-order valence-corrected chi connectivity index (χ4v) is 1.52. The average molecular weight is 217 g/mol. The highest BCUT2D eigenvalue weighted by molar-refractivity contribution is 5.49. The summed E-state index contributed by atoms with van der Waals surface area (Å²) < 4.78 is 5.14. The lowest BCUT2D eigenvalue weighted by molar-refractivity contribution is 0.415. The van der Waals surface area contributed by atoms with Crippen LogP contribution in [0.4, 0.5) is 5.69 Å². The summed E-state index contributed by atoms with van der Waals surface area (Å²) in [5, 5.41) is 0. The van der Waals surface area contributed by atoms with E-state index < -0.39 is 0 Å². The van der Waals surface area contributed by atoms with Gasteiger partial charge in [-0.2, -0.15) is 0 Å². The molecule has 0 fully saturated rings. The first-order valence-corrected chi connectivity index (χ1v) is 5.42. The molecule has 0 saturated carbocycles. The molecule has 0 amide bonds. The molecule has 0 heterocycles. The number of hydrogen-bond donors (Lipinski definition) is 0. The molecule has 1 aromatic carbocycles. The molecule has 0 saturated heterocycles. The van der Waals surface area contributed by atoms with E-state index in [9.17, 15) is 0 Å². The first-order chi connectivity index (χ1) is 7.81. The molecule has 0 bridgehead atoms. The van der Waals surface area contributed by atoms with Crippen LogP contribution in [-0.2, 0) is 0 Å². The van der Waals surface area contributed by atoms with Gasteiger partial charge in [-0.25, -0.2) is 0 Å². The third kappa shape index (κ3) is 3.46. The monoisotopic (exact) mass is 217 g/mol. The van der Waals surface area contributed by atoms with Crippen LogP contribution in [0.1, 0.15) is 6.42 Å². The predicted molar refractivity (Wildman–Crippen MR) is 70.2 cm³/mol. The lowest BCUT2D eigenvalue weighted by atomic mass is 10.2. The predicted octanol–water partition coefficient (Wildman–Crippen LogP) is 3.26. The summed E-state index contributed by atoms with van der Waals surface area (Å²) in [5.41, 5.74) is 1.18. The van der Waals surface area contributed by atoms with Crippen molar-refractivity contribution in [2.75, 3.05) is 25.1 Å². The van der Waals surface area contributed by atoms with Gasteiger partial charge in [-0.05, 0) is 30.7 Å². The Morgan fingerprint density at radius 1 is 1.19 bits per heavy atom. The molecule has 0 aliphatic rings. The topological polar surface area (TPSA) is 12.5 Å². The van der Waals surface area contributed by atoms with Crippen molar-refractivity contribution in [3.8, 4) is 5.75 Å². The Hall–Kier alpha value is -1.70. The number of nitrogens with zero attached hydrogens (tertiary/aromatic N) is 1. The lowest BCUT2D eigenvalue weighted by Gasteiger charge is -2.22. The Balaban J connectivity index is 2.74. The Labute approximate surface area is 97.8 Å². The molecule has 0 unspecified atom stereocenters. The van der Waals surface area contributed by atoms with E-state index in [4.69, 9.17) is 4.74 Å². The van der Waals surface area contributed by atoms with Crippen LogP contribution in [0.3, 0.4) is 0 Å². The highest BCUT2D eigenvalue weighted by Crippen LogP contribution is 2.19. The summed E-state index contributed by atoms with van der Waals surface area (Å²) in [5.74, 6) is 0.881. The number of rotatable bonds is 7. The number of hydrogen-bond acceptors (Lipinski definition) is 2. The van der Waals surface area contributed by atoms with Crippen LogP contribution in [-0.4, -0.2) is 20.2 Å². The van der Waals surface area contributed by atoms with E-state index in [2.05, 4.69) is 30.2 Å². The van der Waals surface area contributed by atoms with Crippen molar-refractivity contribution < 1.29 is 4.74 Å². The summed E-state index contributed by atoms with van der Waals surface area (Å²) in [6.45, 7) is 9.32. The Kier molecular flexibility index (Phi) is 5.20. The second-order valence-corrected chi connectivity index (χ2v) is 3.51. The molecule has 0 aliphatic heterocycles. The lowest BCUT2D eigenvalue weighted by Crippen LogP contribution is -2.23. The Morgan fingerprint density at radius 3 is 2.38 bits per heavy atom. The molecule has 2 nitrogen and oxygen atoms in total. The maximum absolute atomic E-state index is 5.14. The zero-order chi connectivity index (χ0) is 11.8. The maximum Gasteiger partial charge on any atom is 0.119 e. The Bertz CT molecular complexity index is 329. The van der Waals surface area contributed by atoms with Crippen molar-refractivity contribution in [2.24, 2.45) is 0 Å². The van der Waals surface area contributed by atoms with Gasteiger partial charge in [0.2, 0.25) is 0 Å². The van der Waals surface area contributed by atoms with Gasteiger partial charge in [0.05, 0.1) is 7.11 Å². The van der Waals surface area contributed by atoms with E-state index in [1.54, 1.807) is 7.11 Å². The van der Waals surface area contributed by atoms with E-state index in [1.807, 2.05) is 24.3 Å². The van der Waals surface area contributed by atoms with Crippen LogP contribution in [0, 0.1) is 0 Å². The van der Waals surface area contributed by atoms with Gasteiger partial charge in [0.1, 0.15) is 5.75 Å². The second-order valence-electron chi connectivity index (χ2n) is 3.51. The molecule has 2 heteroatoms. The molecule has 0 N–H and O–H groups in total. The molecular weight excluding hydrogens is 198 g/mol. The zero-order valence-corrected chi connectivity index (χ0v) is 9.86. The van der Waals surface area contributed by atoms with Crippen LogP contribution in [0.25, 0.3) is 0 Å². The van der Waals surface area contributed by atoms with Gasteiger partial charge in [0, 0.05) is 18.8 Å². The van der Waals surface area contributed by atoms with Gasteiger partial charge >= 0.3 is 0 Å². The normalized spacial score (nSPS) is 9.56. The molecule has 0 spiro atoms. The van der Waals surface area contributed by atoms with Gasteiger partial charge in [-0.1, -0.05) is 12.2 Å². The second kappa shape index (κ2) is 6.72. The van der Waals surface area contributed by atoms with Crippen molar-refractivity contribution >= 4 is 5.69 Å². The Morgan fingerprint density at radius 2 is 1.88 bits per heavy atom. The quantitative estimate of drug-likeness (QED) is 0.650. The summed E-state index contributed by atoms with van der Waals surface area (Å²) in [6.07, 6.45) is 4.81. The number of methoxy groups -OCH3 is 1. The molecule has 16 heavy (non-hydrogen) atoms. The van der Waals surface area contributed by atoms with Crippen LogP contribution >= 0.6 is 0 Å². The fourth-order valence-electron chi connectivity index (χ4n) is 1.52. The largest absolute Gasteiger partial charge is 0.497 e. The minimum atomic E-state index is 0.847. The van der Waals surface area contributed by atoms with Gasteiger partial charge in [0.15, 0.2) is 0 Å². The first-order valence-electron chi connectivity index (χ1n) is 5.42. The van der Waals surface area contributed by atoms with Gasteiger partial charge in [0.25, 0.3) is 0 Å². The summed E-state index contributed by atoms with van der Waals surface area (Å²) in [6, 6.07) is 8.06. The minimum Gasteiger partial charge on any atom is -0.497 e. The SMILES string of the molecule is C=CCCN(CC=C)c1ccc(OC)cc1. The zero-order valence-electron chi connectivity index (χ0n) is 9.86. The van der Waals surface area contributed by atoms with Gasteiger partial charge < -0.3 is 9.64 Å². The summed E-state index contributed by atoms with van der Waals surface area (Å²) in [7, 11) is 1.67. The smallest absolute Gasteiger partial charge is 0.119 e. The van der Waals surface area contributed by atoms with E-state index >= 15 is 0 Å². The van der Waals surface area contributed by atoms with E-state index in [0.29, 0.717) is 0 Å². The van der Waals surface area contributed by atoms with E-state index in [1.165, 1.54) is 5.69 Å². The summed E-state index contributed by atoms with van der Waals surface area (Å²) >= 11 is 0. The number of ether oxygens (including phenoxy) is 1. The standard InChI is InChI=1S/C14H19NO/c1-4-6-12-15(11-5-2)13-7-9-14(16-3)10-8-13/h4-5,7-10H,1-2,6,11-12H2,3H3. The fraction of sp³-hybridized carbons (Fsp3) is 0.286. The van der Waals surface area contributed by atoms with E-state index in [0.717, 1.165) is 25.3 Å². The minimum absolute atomic E-state index is 0.847. The molecule has 0 aromatic heterocycles. The molecule has 86 valence electrons. The average Bonchev–Trinajstić information content (AvgIpc) is 2.35. The molecule has 0 atom stereocenters. The molecule has 1 rings (SSSR count). The van der Waals surface area contributed by atoms with E-state index in [-0.39, 0.29) is 0 Å². The number of anilines is 1. The van der Waals surface area contributed by atoms with Crippen LogP contribution in [0.15, 0.2) is 49.6 Å². The van der Waals surface area contributed by atoms with Crippen LogP contribution < -0.4 is 9.64 Å². The van der Waals surface area contributed by atoms with Gasteiger partial charge in [-0.3, -0.25) is 0 Å². The summed E-state index contributed by atoms with van der Waals surface area (Å²) in [4.78, 5) is 2.26. The highest BCUT2D eigenvalue weighted by atomic mass is 16.5.